The average molecular weight is 340 g/mol. The van der Waals surface area contributed by atoms with Gasteiger partial charge < -0.3 is 14.0 Å². The zero-order valence-corrected chi connectivity index (χ0v) is 14.3. The molecule has 0 spiro atoms. The number of aryl methyl sites for hydroxylation is 1. The molecule has 1 aliphatic rings. The van der Waals surface area contributed by atoms with Gasteiger partial charge in [-0.15, -0.1) is 0 Å². The fourth-order valence-corrected chi connectivity index (χ4v) is 2.83. The number of carbonyl (C=O) groups excluding carboxylic acids is 1. The summed E-state index contributed by atoms with van der Waals surface area (Å²) in [5.41, 5.74) is 2.11. The van der Waals surface area contributed by atoms with E-state index in [-0.39, 0.29) is 12.5 Å². The highest BCUT2D eigenvalue weighted by molar-refractivity contribution is 5.96. The Morgan fingerprint density at radius 3 is 2.88 bits per heavy atom. The summed E-state index contributed by atoms with van der Waals surface area (Å²) >= 11 is 0. The van der Waals surface area contributed by atoms with Gasteiger partial charge >= 0.3 is 0 Å². The molecule has 3 heterocycles. The fourth-order valence-electron chi connectivity index (χ4n) is 2.83. The lowest BCUT2D eigenvalue weighted by Gasteiger charge is -2.18. The summed E-state index contributed by atoms with van der Waals surface area (Å²) in [5, 5.41) is 3.87. The monoisotopic (exact) mass is 340 g/mol. The lowest BCUT2D eigenvalue weighted by atomic mass is 10.2. The van der Waals surface area contributed by atoms with Crippen LogP contribution in [0.25, 0.3) is 11.2 Å². The predicted octanol–water partition coefficient (Wildman–Crippen LogP) is 2.37. The lowest BCUT2D eigenvalue weighted by molar-refractivity contribution is 0.0734. The van der Waals surface area contributed by atoms with Crippen LogP contribution in [0.1, 0.15) is 54.8 Å². The zero-order valence-electron chi connectivity index (χ0n) is 14.3. The standard InChI is InChI=1S/C17H20N6O2/c1-3-14-20-15(25-21-14)9-22(4-2)17(24)11-7-13-16(18-8-11)23(10-19-13)12-5-6-12/h7-8,10,12H,3-6,9H2,1-2H3. The molecule has 0 aromatic carbocycles. The number of rotatable bonds is 6. The summed E-state index contributed by atoms with van der Waals surface area (Å²) < 4.78 is 7.28. The number of amides is 1. The van der Waals surface area contributed by atoms with Crippen molar-refractivity contribution in [3.8, 4) is 0 Å². The quantitative estimate of drug-likeness (QED) is 0.684. The summed E-state index contributed by atoms with van der Waals surface area (Å²) in [6.07, 6.45) is 6.47. The van der Waals surface area contributed by atoms with Crippen LogP contribution in [0.4, 0.5) is 0 Å². The van der Waals surface area contributed by atoms with Gasteiger partial charge in [-0.2, -0.15) is 4.98 Å². The van der Waals surface area contributed by atoms with Crippen molar-refractivity contribution in [2.24, 2.45) is 0 Å². The van der Waals surface area contributed by atoms with Crippen molar-refractivity contribution in [1.82, 2.24) is 29.6 Å². The molecule has 0 unspecified atom stereocenters. The molecule has 0 bridgehead atoms. The fraction of sp³-hybridized carbons (Fsp3) is 0.471. The second-order valence-corrected chi connectivity index (χ2v) is 6.23. The van der Waals surface area contributed by atoms with E-state index in [0.717, 1.165) is 11.2 Å². The van der Waals surface area contributed by atoms with E-state index in [1.54, 1.807) is 17.2 Å². The molecule has 1 saturated carbocycles. The minimum Gasteiger partial charge on any atom is -0.337 e. The summed E-state index contributed by atoms with van der Waals surface area (Å²) in [5.74, 6) is 0.973. The molecule has 1 amide bonds. The summed E-state index contributed by atoms with van der Waals surface area (Å²) in [4.78, 5) is 27.6. The molecule has 8 nitrogen and oxygen atoms in total. The Hall–Kier alpha value is -2.77. The highest BCUT2D eigenvalue weighted by Gasteiger charge is 2.26. The van der Waals surface area contributed by atoms with Gasteiger partial charge in [-0.1, -0.05) is 12.1 Å². The first kappa shape index (κ1) is 15.7. The van der Waals surface area contributed by atoms with Crippen molar-refractivity contribution in [2.45, 2.75) is 45.7 Å². The molecular formula is C17H20N6O2. The second kappa shape index (κ2) is 6.27. The molecule has 1 fully saturated rings. The number of pyridine rings is 1. The van der Waals surface area contributed by atoms with Gasteiger partial charge in [-0.3, -0.25) is 4.79 Å². The molecule has 0 N–H and O–H groups in total. The van der Waals surface area contributed by atoms with Crippen molar-refractivity contribution in [3.63, 3.8) is 0 Å². The molecule has 3 aromatic heterocycles. The van der Waals surface area contributed by atoms with Gasteiger partial charge in [0, 0.05) is 25.2 Å². The number of carbonyl (C=O) groups is 1. The number of nitrogens with zero attached hydrogens (tertiary/aromatic N) is 6. The van der Waals surface area contributed by atoms with E-state index >= 15 is 0 Å². The van der Waals surface area contributed by atoms with Gasteiger partial charge in [0.2, 0.25) is 5.89 Å². The Kier molecular flexibility index (Phi) is 3.95. The molecule has 0 saturated heterocycles. The number of aromatic nitrogens is 5. The van der Waals surface area contributed by atoms with E-state index in [2.05, 4.69) is 24.7 Å². The van der Waals surface area contributed by atoms with Gasteiger partial charge in [0.05, 0.1) is 11.9 Å². The van der Waals surface area contributed by atoms with Crippen LogP contribution < -0.4 is 0 Å². The molecule has 0 atom stereocenters. The van der Waals surface area contributed by atoms with E-state index in [4.69, 9.17) is 4.52 Å². The van der Waals surface area contributed by atoms with Gasteiger partial charge in [-0.05, 0) is 25.8 Å². The third-order valence-corrected chi connectivity index (χ3v) is 4.42. The van der Waals surface area contributed by atoms with Crippen molar-refractivity contribution >= 4 is 17.1 Å². The summed E-state index contributed by atoms with van der Waals surface area (Å²) in [6.45, 7) is 4.70. The normalized spacial score (nSPS) is 14.2. The Morgan fingerprint density at radius 2 is 2.20 bits per heavy atom. The molecule has 130 valence electrons. The van der Waals surface area contributed by atoms with Crippen molar-refractivity contribution in [1.29, 1.82) is 0 Å². The van der Waals surface area contributed by atoms with Crippen LogP contribution in [-0.2, 0) is 13.0 Å². The first-order valence-electron chi connectivity index (χ1n) is 8.63. The van der Waals surface area contributed by atoms with Crippen LogP contribution in [0.5, 0.6) is 0 Å². The van der Waals surface area contributed by atoms with E-state index in [1.165, 1.54) is 12.8 Å². The Balaban J connectivity index is 1.56. The van der Waals surface area contributed by atoms with E-state index in [1.807, 2.05) is 20.2 Å². The van der Waals surface area contributed by atoms with E-state index in [9.17, 15) is 4.79 Å². The molecular weight excluding hydrogens is 320 g/mol. The first-order valence-corrected chi connectivity index (χ1v) is 8.63. The maximum Gasteiger partial charge on any atom is 0.255 e. The smallest absolute Gasteiger partial charge is 0.255 e. The van der Waals surface area contributed by atoms with Crippen LogP contribution in [0, 0.1) is 0 Å². The average Bonchev–Trinajstić information content (AvgIpc) is 3.23. The zero-order chi connectivity index (χ0) is 17.4. The Morgan fingerprint density at radius 1 is 1.36 bits per heavy atom. The minimum absolute atomic E-state index is 0.117. The maximum atomic E-state index is 12.8. The van der Waals surface area contributed by atoms with Crippen LogP contribution in [0.15, 0.2) is 23.1 Å². The number of imidazole rings is 1. The third-order valence-electron chi connectivity index (χ3n) is 4.42. The van der Waals surface area contributed by atoms with Crippen LogP contribution in [-0.4, -0.2) is 42.0 Å². The summed E-state index contributed by atoms with van der Waals surface area (Å²) in [6, 6.07) is 2.31. The number of hydrogen-bond donors (Lipinski definition) is 0. The predicted molar refractivity (Wildman–Crippen MR) is 89.9 cm³/mol. The third kappa shape index (κ3) is 2.99. The van der Waals surface area contributed by atoms with Gasteiger partial charge in [0.15, 0.2) is 11.5 Å². The molecule has 3 aromatic rings. The van der Waals surface area contributed by atoms with Gasteiger partial charge in [0.1, 0.15) is 12.1 Å². The Labute approximate surface area is 144 Å². The van der Waals surface area contributed by atoms with Crippen molar-refractivity contribution < 1.29 is 9.32 Å². The van der Waals surface area contributed by atoms with Crippen LogP contribution in [0.2, 0.25) is 0 Å². The van der Waals surface area contributed by atoms with Crippen LogP contribution >= 0.6 is 0 Å². The van der Waals surface area contributed by atoms with E-state index < -0.39 is 0 Å². The first-order chi connectivity index (χ1) is 12.2. The topological polar surface area (TPSA) is 89.9 Å². The molecule has 0 radical (unpaired) electrons. The lowest BCUT2D eigenvalue weighted by Crippen LogP contribution is -2.30. The molecule has 4 rings (SSSR count). The SMILES string of the molecule is CCc1noc(CN(CC)C(=O)c2cnc3c(c2)ncn3C2CC2)n1. The molecule has 1 aliphatic carbocycles. The van der Waals surface area contributed by atoms with E-state index in [0.29, 0.717) is 36.3 Å². The number of fused-ring (bicyclic) bond motifs is 1. The van der Waals surface area contributed by atoms with Gasteiger partial charge in [-0.25, -0.2) is 9.97 Å². The molecule has 0 aliphatic heterocycles. The second-order valence-electron chi connectivity index (χ2n) is 6.23. The highest BCUT2D eigenvalue weighted by atomic mass is 16.5. The largest absolute Gasteiger partial charge is 0.337 e. The van der Waals surface area contributed by atoms with Crippen LogP contribution in [0.3, 0.4) is 0 Å². The number of hydrogen-bond acceptors (Lipinski definition) is 6. The molecule has 25 heavy (non-hydrogen) atoms. The van der Waals surface area contributed by atoms with Crippen molar-refractivity contribution in [3.05, 3.63) is 35.9 Å². The minimum atomic E-state index is -0.117. The summed E-state index contributed by atoms with van der Waals surface area (Å²) in [7, 11) is 0. The molecule has 8 heteroatoms. The maximum absolute atomic E-state index is 12.8. The Bertz CT molecular complexity index is 911. The highest BCUT2D eigenvalue weighted by Crippen LogP contribution is 2.36. The van der Waals surface area contributed by atoms with Gasteiger partial charge in [0.25, 0.3) is 5.91 Å². The van der Waals surface area contributed by atoms with Crippen molar-refractivity contribution in [2.75, 3.05) is 6.54 Å².